The van der Waals surface area contributed by atoms with Crippen LogP contribution in [0.2, 0.25) is 0 Å². The molecule has 0 unspecified atom stereocenters. The SMILES string of the molecule is CC1(C)CN(S(=O)(=O)c2ccc(N3CCCC3=O)cc2)c2ccccc21. The summed E-state index contributed by atoms with van der Waals surface area (Å²) >= 11 is 0. The highest BCUT2D eigenvalue weighted by molar-refractivity contribution is 7.92. The van der Waals surface area contributed by atoms with Crippen LogP contribution in [0.5, 0.6) is 0 Å². The Balaban J connectivity index is 1.69. The molecule has 0 spiro atoms. The molecule has 2 aromatic carbocycles. The van der Waals surface area contributed by atoms with Gasteiger partial charge in [-0.25, -0.2) is 8.42 Å². The highest BCUT2D eigenvalue weighted by Crippen LogP contribution is 2.43. The second-order valence-electron chi connectivity index (χ2n) is 7.56. The molecular formula is C20H22N2O3S. The van der Waals surface area contributed by atoms with Gasteiger partial charge in [0.2, 0.25) is 5.91 Å². The van der Waals surface area contributed by atoms with Crippen molar-refractivity contribution >= 4 is 27.3 Å². The Morgan fingerprint density at radius 2 is 1.69 bits per heavy atom. The van der Waals surface area contributed by atoms with Gasteiger partial charge in [0.1, 0.15) is 0 Å². The van der Waals surface area contributed by atoms with Crippen molar-refractivity contribution in [1.82, 2.24) is 0 Å². The largest absolute Gasteiger partial charge is 0.312 e. The van der Waals surface area contributed by atoms with Crippen LogP contribution in [0, 0.1) is 0 Å². The van der Waals surface area contributed by atoms with Crippen LogP contribution in [0.25, 0.3) is 0 Å². The van der Waals surface area contributed by atoms with E-state index in [1.165, 1.54) is 4.31 Å². The zero-order valence-corrected chi connectivity index (χ0v) is 15.8. The topological polar surface area (TPSA) is 57.7 Å². The van der Waals surface area contributed by atoms with Gasteiger partial charge in [-0.1, -0.05) is 32.0 Å². The molecule has 1 saturated heterocycles. The maximum atomic E-state index is 13.2. The van der Waals surface area contributed by atoms with Gasteiger partial charge in [0.25, 0.3) is 10.0 Å². The lowest BCUT2D eigenvalue weighted by molar-refractivity contribution is -0.117. The minimum absolute atomic E-state index is 0.0934. The predicted octanol–water partition coefficient (Wildman–Crippen LogP) is 3.30. The van der Waals surface area contributed by atoms with Crippen LogP contribution in [0.15, 0.2) is 53.4 Å². The summed E-state index contributed by atoms with van der Waals surface area (Å²) in [7, 11) is -3.65. The van der Waals surface area contributed by atoms with Crippen molar-refractivity contribution in [3.05, 3.63) is 54.1 Å². The first-order chi connectivity index (χ1) is 12.3. The van der Waals surface area contributed by atoms with Gasteiger partial charge in [-0.15, -0.1) is 0 Å². The third-order valence-corrected chi connectivity index (χ3v) is 7.02. The van der Waals surface area contributed by atoms with Crippen molar-refractivity contribution in [2.24, 2.45) is 0 Å². The van der Waals surface area contributed by atoms with E-state index in [0.717, 1.165) is 23.4 Å². The summed E-state index contributed by atoms with van der Waals surface area (Å²) in [5.41, 5.74) is 2.32. The molecule has 0 bridgehead atoms. The van der Waals surface area contributed by atoms with Crippen LogP contribution in [0.3, 0.4) is 0 Å². The van der Waals surface area contributed by atoms with Crippen molar-refractivity contribution in [3.8, 4) is 0 Å². The second kappa shape index (κ2) is 5.84. The van der Waals surface area contributed by atoms with Crippen molar-refractivity contribution in [2.45, 2.75) is 37.0 Å². The molecule has 0 saturated carbocycles. The molecule has 5 nitrogen and oxygen atoms in total. The van der Waals surface area contributed by atoms with Gasteiger partial charge in [0.05, 0.1) is 10.6 Å². The summed E-state index contributed by atoms with van der Waals surface area (Å²) in [5, 5.41) is 0. The number of hydrogen-bond acceptors (Lipinski definition) is 3. The van der Waals surface area contributed by atoms with Gasteiger partial charge in [-0.3, -0.25) is 9.10 Å². The van der Waals surface area contributed by atoms with Crippen LogP contribution < -0.4 is 9.21 Å². The maximum absolute atomic E-state index is 13.2. The van der Waals surface area contributed by atoms with Gasteiger partial charge in [0, 0.05) is 30.6 Å². The van der Waals surface area contributed by atoms with Gasteiger partial charge in [-0.2, -0.15) is 0 Å². The Hall–Kier alpha value is -2.34. The number of rotatable bonds is 3. The average Bonchev–Trinajstić information content (AvgIpc) is 3.17. The molecule has 2 heterocycles. The number of nitrogens with zero attached hydrogens (tertiary/aromatic N) is 2. The normalized spacial score (nSPS) is 19.1. The van der Waals surface area contributed by atoms with Crippen molar-refractivity contribution in [2.75, 3.05) is 22.3 Å². The number of hydrogen-bond donors (Lipinski definition) is 0. The van der Waals surface area contributed by atoms with Crippen LogP contribution in [0.4, 0.5) is 11.4 Å². The quantitative estimate of drug-likeness (QED) is 0.833. The summed E-state index contributed by atoms with van der Waals surface area (Å²) in [5.74, 6) is 0.0934. The Morgan fingerprint density at radius 1 is 1.00 bits per heavy atom. The van der Waals surface area contributed by atoms with Crippen molar-refractivity contribution in [1.29, 1.82) is 0 Å². The van der Waals surface area contributed by atoms with E-state index in [0.29, 0.717) is 19.5 Å². The smallest absolute Gasteiger partial charge is 0.264 e. The van der Waals surface area contributed by atoms with E-state index in [1.807, 2.05) is 24.3 Å². The molecule has 2 aliphatic heterocycles. The Labute approximate surface area is 154 Å². The number of para-hydroxylation sites is 1. The second-order valence-corrected chi connectivity index (χ2v) is 9.42. The van der Waals surface area contributed by atoms with Gasteiger partial charge < -0.3 is 4.90 Å². The number of benzene rings is 2. The summed E-state index contributed by atoms with van der Waals surface area (Å²) in [6.45, 7) is 5.23. The molecule has 136 valence electrons. The molecule has 0 radical (unpaired) electrons. The molecule has 2 aliphatic rings. The molecule has 26 heavy (non-hydrogen) atoms. The van der Waals surface area contributed by atoms with Crippen LogP contribution in [0.1, 0.15) is 32.3 Å². The minimum atomic E-state index is -3.65. The lowest BCUT2D eigenvalue weighted by Gasteiger charge is -2.23. The number of amides is 1. The Morgan fingerprint density at radius 3 is 2.35 bits per heavy atom. The number of carbonyl (C=O) groups is 1. The fourth-order valence-corrected chi connectivity index (χ4v) is 5.50. The predicted molar refractivity (Wildman–Crippen MR) is 102 cm³/mol. The third-order valence-electron chi connectivity index (χ3n) is 5.25. The van der Waals surface area contributed by atoms with Crippen LogP contribution in [-0.4, -0.2) is 27.4 Å². The van der Waals surface area contributed by atoms with E-state index in [2.05, 4.69) is 13.8 Å². The molecule has 0 atom stereocenters. The van der Waals surface area contributed by atoms with Gasteiger partial charge in [-0.05, 0) is 42.3 Å². The number of fused-ring (bicyclic) bond motifs is 1. The summed E-state index contributed by atoms with van der Waals surface area (Å²) in [6, 6.07) is 14.3. The molecule has 1 amide bonds. The first-order valence-corrected chi connectivity index (χ1v) is 10.3. The summed E-state index contributed by atoms with van der Waals surface area (Å²) < 4.78 is 28.0. The van der Waals surface area contributed by atoms with Crippen LogP contribution in [-0.2, 0) is 20.2 Å². The molecule has 0 N–H and O–H groups in total. The minimum Gasteiger partial charge on any atom is -0.312 e. The number of anilines is 2. The first kappa shape index (κ1) is 17.1. The average molecular weight is 370 g/mol. The first-order valence-electron chi connectivity index (χ1n) is 8.83. The Kier molecular flexibility index (Phi) is 3.84. The van der Waals surface area contributed by atoms with E-state index in [9.17, 15) is 13.2 Å². The highest BCUT2D eigenvalue weighted by Gasteiger charge is 2.40. The molecule has 4 rings (SSSR count). The fraction of sp³-hybridized carbons (Fsp3) is 0.350. The standard InChI is InChI=1S/C20H22N2O3S/c1-20(2)14-22(18-7-4-3-6-17(18)20)26(24,25)16-11-9-15(10-12-16)21-13-5-8-19(21)23/h3-4,6-7,9-12H,5,8,13-14H2,1-2H3. The summed E-state index contributed by atoms with van der Waals surface area (Å²) in [6.07, 6.45) is 1.40. The van der Waals surface area contributed by atoms with E-state index < -0.39 is 10.0 Å². The fourth-order valence-electron chi connectivity index (χ4n) is 3.85. The maximum Gasteiger partial charge on any atom is 0.264 e. The molecule has 2 aromatic rings. The van der Waals surface area contributed by atoms with E-state index in [-0.39, 0.29) is 16.2 Å². The highest BCUT2D eigenvalue weighted by atomic mass is 32.2. The zero-order chi connectivity index (χ0) is 18.5. The van der Waals surface area contributed by atoms with Gasteiger partial charge in [0.15, 0.2) is 0 Å². The van der Waals surface area contributed by atoms with E-state index in [4.69, 9.17) is 0 Å². The Bertz CT molecular complexity index is 965. The zero-order valence-electron chi connectivity index (χ0n) is 15.0. The lowest BCUT2D eigenvalue weighted by atomic mass is 9.87. The number of sulfonamides is 1. The molecule has 6 heteroatoms. The van der Waals surface area contributed by atoms with Crippen LogP contribution >= 0.6 is 0 Å². The lowest BCUT2D eigenvalue weighted by Crippen LogP contribution is -2.34. The molecular weight excluding hydrogens is 348 g/mol. The number of carbonyl (C=O) groups excluding carboxylic acids is 1. The third kappa shape index (κ3) is 2.60. The molecule has 1 fully saturated rings. The monoisotopic (exact) mass is 370 g/mol. The van der Waals surface area contributed by atoms with Gasteiger partial charge >= 0.3 is 0 Å². The molecule has 0 aliphatic carbocycles. The summed E-state index contributed by atoms with van der Waals surface area (Å²) in [4.78, 5) is 13.8. The van der Waals surface area contributed by atoms with E-state index in [1.54, 1.807) is 29.2 Å². The van der Waals surface area contributed by atoms with E-state index >= 15 is 0 Å². The van der Waals surface area contributed by atoms with Crippen molar-refractivity contribution < 1.29 is 13.2 Å². The van der Waals surface area contributed by atoms with Crippen molar-refractivity contribution in [3.63, 3.8) is 0 Å². The molecule has 0 aromatic heterocycles.